The van der Waals surface area contributed by atoms with Crippen molar-refractivity contribution in [1.29, 1.82) is 0 Å². The molecule has 1 atom stereocenters. The van der Waals surface area contributed by atoms with E-state index in [9.17, 15) is 22.8 Å². The van der Waals surface area contributed by atoms with Gasteiger partial charge in [0.1, 0.15) is 17.9 Å². The van der Waals surface area contributed by atoms with Gasteiger partial charge in [0.25, 0.3) is 0 Å². The zero-order valence-electron chi connectivity index (χ0n) is 15.7. The zero-order chi connectivity index (χ0) is 21.2. The molecule has 7 nitrogen and oxygen atoms in total. The van der Waals surface area contributed by atoms with Crippen LogP contribution in [0.1, 0.15) is 40.2 Å². The van der Waals surface area contributed by atoms with Gasteiger partial charge in [-0.1, -0.05) is 0 Å². The van der Waals surface area contributed by atoms with Crippen molar-refractivity contribution >= 4 is 17.6 Å². The molecule has 0 aliphatic heterocycles. The fourth-order valence-corrected chi connectivity index (χ4v) is 2.99. The molecule has 1 unspecified atom stereocenters. The molecule has 152 valence electrons. The largest absolute Gasteiger partial charge is 0.496 e. The second kappa shape index (κ2) is 7.91. The van der Waals surface area contributed by atoms with Crippen molar-refractivity contribution < 1.29 is 32.6 Å². The Kier molecular flexibility index (Phi) is 6.01. The van der Waals surface area contributed by atoms with Crippen LogP contribution in [-0.4, -0.2) is 40.0 Å². The van der Waals surface area contributed by atoms with E-state index in [1.54, 1.807) is 13.8 Å². The number of carboxylic acid groups (broad SMARTS) is 1. The van der Waals surface area contributed by atoms with E-state index >= 15 is 0 Å². The summed E-state index contributed by atoms with van der Waals surface area (Å²) >= 11 is 0. The van der Waals surface area contributed by atoms with E-state index in [2.05, 4.69) is 10.4 Å². The number of amides is 1. The van der Waals surface area contributed by atoms with Gasteiger partial charge in [0.15, 0.2) is 0 Å². The summed E-state index contributed by atoms with van der Waals surface area (Å²) in [5.41, 5.74) is 1.25. The first-order valence-corrected chi connectivity index (χ1v) is 8.27. The minimum Gasteiger partial charge on any atom is -0.496 e. The second-order valence-electron chi connectivity index (χ2n) is 6.29. The number of halogens is 3. The van der Waals surface area contributed by atoms with Gasteiger partial charge < -0.3 is 15.2 Å². The van der Waals surface area contributed by atoms with Crippen molar-refractivity contribution in [3.8, 4) is 5.75 Å². The van der Waals surface area contributed by atoms with Crippen LogP contribution in [0.4, 0.5) is 18.9 Å². The van der Waals surface area contributed by atoms with Crippen molar-refractivity contribution in [2.75, 3.05) is 12.4 Å². The molecule has 0 saturated heterocycles. The Labute approximate surface area is 159 Å². The Morgan fingerprint density at radius 3 is 2.50 bits per heavy atom. The Balaban J connectivity index is 2.25. The summed E-state index contributed by atoms with van der Waals surface area (Å²) in [5.74, 6) is -2.34. The number of anilines is 1. The minimum atomic E-state index is -4.42. The van der Waals surface area contributed by atoms with Crippen LogP contribution < -0.4 is 10.1 Å². The summed E-state index contributed by atoms with van der Waals surface area (Å²) in [6.45, 7) is 3.36. The predicted molar refractivity (Wildman–Crippen MR) is 94.8 cm³/mol. The molecule has 0 spiro atoms. The number of methoxy groups -OCH3 is 1. The number of rotatable bonds is 6. The van der Waals surface area contributed by atoms with E-state index in [0.717, 1.165) is 4.68 Å². The smallest absolute Gasteiger partial charge is 0.408 e. The molecule has 0 bridgehead atoms. The highest BCUT2D eigenvalue weighted by Gasteiger charge is 2.31. The van der Waals surface area contributed by atoms with Gasteiger partial charge in [-0.25, -0.2) is 4.79 Å². The molecule has 1 aromatic carbocycles. The third kappa shape index (κ3) is 4.62. The summed E-state index contributed by atoms with van der Waals surface area (Å²) in [6, 6.07) is 4.06. The number of alkyl halides is 3. The van der Waals surface area contributed by atoms with E-state index in [-0.39, 0.29) is 17.0 Å². The van der Waals surface area contributed by atoms with Crippen LogP contribution in [-0.2, 0) is 11.3 Å². The lowest BCUT2D eigenvalue weighted by Crippen LogP contribution is -2.21. The summed E-state index contributed by atoms with van der Waals surface area (Å²) in [4.78, 5) is 23.7. The molecular formula is C18H20F3N3O4. The predicted octanol–water partition coefficient (Wildman–Crippen LogP) is 3.51. The van der Waals surface area contributed by atoms with E-state index in [1.165, 1.54) is 32.2 Å². The Morgan fingerprint density at radius 2 is 1.96 bits per heavy atom. The van der Waals surface area contributed by atoms with Crippen LogP contribution in [0, 0.1) is 13.8 Å². The minimum absolute atomic E-state index is 0.0614. The van der Waals surface area contributed by atoms with E-state index < -0.39 is 30.5 Å². The lowest BCUT2D eigenvalue weighted by Gasteiger charge is -2.15. The number of nitrogens with zero attached hydrogens (tertiary/aromatic N) is 2. The molecule has 1 heterocycles. The second-order valence-corrected chi connectivity index (χ2v) is 6.29. The molecular weight excluding hydrogens is 379 g/mol. The van der Waals surface area contributed by atoms with Gasteiger partial charge in [0.2, 0.25) is 5.91 Å². The van der Waals surface area contributed by atoms with Gasteiger partial charge in [-0.15, -0.1) is 0 Å². The standard InChI is InChI=1S/C18H20F3N3O4/c1-9(15-10(2)23-24(11(15)3)8-18(19,20)21)16(25)22-12-5-6-13(17(26)27)14(7-12)28-4/h5-7,9H,8H2,1-4H3,(H,22,25)(H,26,27). The first-order chi connectivity index (χ1) is 12.9. The van der Waals surface area contributed by atoms with Gasteiger partial charge >= 0.3 is 12.1 Å². The molecule has 2 rings (SSSR count). The molecule has 0 fully saturated rings. The van der Waals surface area contributed by atoms with Crippen LogP contribution >= 0.6 is 0 Å². The summed E-state index contributed by atoms with van der Waals surface area (Å²) in [7, 11) is 1.30. The quantitative estimate of drug-likeness (QED) is 0.775. The third-order valence-electron chi connectivity index (χ3n) is 4.29. The third-order valence-corrected chi connectivity index (χ3v) is 4.29. The molecule has 0 aliphatic carbocycles. The number of benzene rings is 1. The highest BCUT2D eigenvalue weighted by atomic mass is 19.4. The maximum Gasteiger partial charge on any atom is 0.408 e. The maximum atomic E-state index is 12.7. The molecule has 2 N–H and O–H groups in total. The molecule has 0 aliphatic rings. The van der Waals surface area contributed by atoms with E-state index in [0.29, 0.717) is 16.9 Å². The Bertz CT molecular complexity index is 906. The van der Waals surface area contributed by atoms with Crippen molar-refractivity contribution in [1.82, 2.24) is 9.78 Å². The fraction of sp³-hybridized carbons (Fsp3) is 0.389. The molecule has 2 aromatic rings. The first-order valence-electron chi connectivity index (χ1n) is 8.27. The van der Waals surface area contributed by atoms with Crippen molar-refractivity contribution in [2.24, 2.45) is 0 Å². The van der Waals surface area contributed by atoms with Gasteiger partial charge in [0, 0.05) is 23.0 Å². The number of hydrogen-bond donors (Lipinski definition) is 2. The van der Waals surface area contributed by atoms with Crippen molar-refractivity contribution in [2.45, 2.75) is 39.4 Å². The summed E-state index contributed by atoms with van der Waals surface area (Å²) < 4.78 is 43.9. The van der Waals surface area contributed by atoms with Crippen LogP contribution in [0.15, 0.2) is 18.2 Å². The maximum absolute atomic E-state index is 12.7. The van der Waals surface area contributed by atoms with Crippen molar-refractivity contribution in [3.63, 3.8) is 0 Å². The van der Waals surface area contributed by atoms with Gasteiger partial charge in [0.05, 0.1) is 18.7 Å². The lowest BCUT2D eigenvalue weighted by molar-refractivity contribution is -0.143. The number of hydrogen-bond acceptors (Lipinski definition) is 4. The lowest BCUT2D eigenvalue weighted by atomic mass is 9.98. The fourth-order valence-electron chi connectivity index (χ4n) is 2.99. The number of aromatic carboxylic acids is 1. The number of aromatic nitrogens is 2. The number of nitrogens with one attached hydrogen (secondary N) is 1. The SMILES string of the molecule is COc1cc(NC(=O)C(C)c2c(C)nn(CC(F)(F)F)c2C)ccc1C(=O)O. The van der Waals surface area contributed by atoms with E-state index in [4.69, 9.17) is 9.84 Å². The van der Waals surface area contributed by atoms with E-state index in [1.807, 2.05) is 0 Å². The van der Waals surface area contributed by atoms with Crippen LogP contribution in [0.2, 0.25) is 0 Å². The Morgan fingerprint density at radius 1 is 1.32 bits per heavy atom. The molecule has 0 saturated carbocycles. The monoisotopic (exact) mass is 399 g/mol. The van der Waals surface area contributed by atoms with Crippen molar-refractivity contribution in [3.05, 3.63) is 40.7 Å². The summed E-state index contributed by atoms with van der Waals surface area (Å²) in [5, 5.41) is 15.6. The molecule has 1 amide bonds. The van der Waals surface area contributed by atoms with Gasteiger partial charge in [-0.05, 0) is 32.9 Å². The highest BCUT2D eigenvalue weighted by molar-refractivity contribution is 5.97. The molecule has 28 heavy (non-hydrogen) atoms. The number of carboxylic acids is 1. The van der Waals surface area contributed by atoms with Crippen LogP contribution in [0.5, 0.6) is 5.75 Å². The molecule has 0 radical (unpaired) electrons. The van der Waals surface area contributed by atoms with Gasteiger partial charge in [-0.3, -0.25) is 9.48 Å². The highest BCUT2D eigenvalue weighted by Crippen LogP contribution is 2.28. The number of carbonyl (C=O) groups is 2. The normalized spacial score (nSPS) is 12.5. The van der Waals surface area contributed by atoms with Gasteiger partial charge in [-0.2, -0.15) is 18.3 Å². The Hall–Kier alpha value is -3.04. The molecule has 10 heteroatoms. The zero-order valence-corrected chi connectivity index (χ0v) is 15.7. The summed E-state index contributed by atoms with van der Waals surface area (Å²) in [6.07, 6.45) is -4.42. The van der Waals surface area contributed by atoms with Crippen LogP contribution in [0.3, 0.4) is 0 Å². The number of ether oxygens (including phenoxy) is 1. The topological polar surface area (TPSA) is 93.5 Å². The average Bonchev–Trinajstić information content (AvgIpc) is 2.85. The number of carbonyl (C=O) groups excluding carboxylic acids is 1. The number of aryl methyl sites for hydroxylation is 1. The first kappa shape index (κ1) is 21.3. The molecule has 1 aromatic heterocycles. The van der Waals surface area contributed by atoms with Crippen LogP contribution in [0.25, 0.3) is 0 Å². The average molecular weight is 399 g/mol.